The number of fused-ring (bicyclic) bond motifs is 1. The Balaban J connectivity index is 2.27. The minimum absolute atomic E-state index is 0.312. The van der Waals surface area contributed by atoms with Gasteiger partial charge in [0.15, 0.2) is 0 Å². The van der Waals surface area contributed by atoms with E-state index in [0.717, 1.165) is 5.39 Å². The van der Waals surface area contributed by atoms with E-state index < -0.39 is 31.0 Å². The molecule has 0 aliphatic rings. The molecule has 6 N–H and O–H groups in total. The van der Waals surface area contributed by atoms with Crippen LogP contribution in [0.3, 0.4) is 0 Å². The average molecular weight is 348 g/mol. The molecule has 2 rings (SSSR count). The molecule has 0 aliphatic carbocycles. The maximum atomic E-state index is 11.8. The maximum Gasteiger partial charge on any atom is 0.255 e. The van der Waals surface area contributed by atoms with Gasteiger partial charge in [0.1, 0.15) is 30.6 Å². The van der Waals surface area contributed by atoms with Crippen LogP contribution in [0.4, 0.5) is 5.69 Å². The van der Waals surface area contributed by atoms with Crippen LogP contribution in [0, 0.1) is 0 Å². The first kappa shape index (κ1) is 18.8. The van der Waals surface area contributed by atoms with Gasteiger partial charge in [-0.3, -0.25) is 4.79 Å². The van der Waals surface area contributed by atoms with Gasteiger partial charge in [-0.1, -0.05) is 18.7 Å². The molecule has 0 saturated heterocycles. The van der Waals surface area contributed by atoms with Crippen molar-refractivity contribution in [2.45, 2.75) is 24.4 Å². The third kappa shape index (κ3) is 4.12. The Kier molecular flexibility index (Phi) is 6.05. The predicted octanol–water partition coefficient (Wildman–Crippen LogP) is -0.775. The molecule has 0 saturated carbocycles. The van der Waals surface area contributed by atoms with Crippen LogP contribution in [0.1, 0.15) is 5.56 Å². The van der Waals surface area contributed by atoms with Gasteiger partial charge >= 0.3 is 0 Å². The highest BCUT2D eigenvalue weighted by molar-refractivity contribution is 5.84. The molecule has 134 valence electrons. The number of aromatic nitrogens is 1. The second-order valence-electron chi connectivity index (χ2n) is 5.60. The standard InChI is InChI=1S/C17H20N2O6/c1-2-9-5-10-3-4-11(6-12(10)19-17(9)25)18-13(7-20)15(23)16(24)14(22)8-21/h2-7,13-16,18,21-24H,1,8H2,(H,19,25)/t13-,14+,15+,16+/m1/s1. The lowest BCUT2D eigenvalue weighted by Crippen LogP contribution is -2.49. The van der Waals surface area contributed by atoms with Crippen molar-refractivity contribution < 1.29 is 25.2 Å². The number of nitrogens with one attached hydrogen (secondary N) is 2. The van der Waals surface area contributed by atoms with E-state index in [1.807, 2.05) is 0 Å². The van der Waals surface area contributed by atoms with Crippen LogP contribution in [0.25, 0.3) is 17.0 Å². The number of hydrogen-bond donors (Lipinski definition) is 6. The smallest absolute Gasteiger partial charge is 0.255 e. The van der Waals surface area contributed by atoms with Crippen molar-refractivity contribution in [1.82, 2.24) is 4.98 Å². The molecule has 1 aromatic heterocycles. The van der Waals surface area contributed by atoms with Crippen LogP contribution in [0.15, 0.2) is 35.6 Å². The second kappa shape index (κ2) is 8.04. The van der Waals surface area contributed by atoms with E-state index in [9.17, 15) is 24.9 Å². The summed E-state index contributed by atoms with van der Waals surface area (Å²) < 4.78 is 0. The summed E-state index contributed by atoms with van der Waals surface area (Å²) in [5, 5.41) is 41.4. The molecular weight excluding hydrogens is 328 g/mol. The predicted molar refractivity (Wildman–Crippen MR) is 93.2 cm³/mol. The summed E-state index contributed by atoms with van der Waals surface area (Å²) in [6.07, 6.45) is -3.10. The molecule has 1 aromatic carbocycles. The Bertz CT molecular complexity index is 818. The molecule has 0 amide bonds. The number of H-pyrrole nitrogens is 1. The fraction of sp³-hybridized carbons (Fsp3) is 0.294. The van der Waals surface area contributed by atoms with Crippen molar-refractivity contribution in [3.63, 3.8) is 0 Å². The van der Waals surface area contributed by atoms with Gasteiger partial charge in [-0.2, -0.15) is 0 Å². The molecule has 0 unspecified atom stereocenters. The maximum absolute atomic E-state index is 11.8. The highest BCUT2D eigenvalue weighted by Gasteiger charge is 2.31. The fourth-order valence-electron chi connectivity index (χ4n) is 2.40. The fourth-order valence-corrected chi connectivity index (χ4v) is 2.40. The van der Waals surface area contributed by atoms with Crippen molar-refractivity contribution in [3.8, 4) is 0 Å². The van der Waals surface area contributed by atoms with Crippen LogP contribution in [-0.2, 0) is 4.79 Å². The summed E-state index contributed by atoms with van der Waals surface area (Å²) in [6.45, 7) is 2.81. The van der Waals surface area contributed by atoms with Gasteiger partial charge in [-0.25, -0.2) is 0 Å². The number of aliphatic hydroxyl groups excluding tert-OH is 4. The number of carbonyl (C=O) groups is 1. The SMILES string of the molecule is C=Cc1cc2ccc(N[C@H](C=O)[C@H](O)[C@@H](O)[C@@H](O)CO)cc2[nH]c1=O. The topological polar surface area (TPSA) is 143 Å². The number of hydrogen-bond acceptors (Lipinski definition) is 7. The van der Waals surface area contributed by atoms with Crippen molar-refractivity contribution in [2.24, 2.45) is 0 Å². The van der Waals surface area contributed by atoms with Crippen molar-refractivity contribution in [3.05, 3.63) is 46.8 Å². The van der Waals surface area contributed by atoms with Gasteiger partial charge < -0.3 is 35.5 Å². The van der Waals surface area contributed by atoms with E-state index in [0.29, 0.717) is 23.1 Å². The molecule has 4 atom stereocenters. The number of aromatic amines is 1. The Morgan fingerprint density at radius 3 is 2.52 bits per heavy atom. The second-order valence-corrected chi connectivity index (χ2v) is 5.60. The quantitative estimate of drug-likeness (QED) is 0.344. The molecule has 0 radical (unpaired) electrons. The Hall–Kier alpha value is -2.52. The zero-order valence-electron chi connectivity index (χ0n) is 13.3. The largest absolute Gasteiger partial charge is 0.394 e. The molecule has 0 fully saturated rings. The first-order valence-corrected chi connectivity index (χ1v) is 7.57. The van der Waals surface area contributed by atoms with Crippen LogP contribution in [-0.4, -0.2) is 62.7 Å². The zero-order valence-corrected chi connectivity index (χ0v) is 13.3. The number of rotatable bonds is 8. The zero-order chi connectivity index (χ0) is 18.6. The van der Waals surface area contributed by atoms with Gasteiger partial charge in [0.05, 0.1) is 12.1 Å². The first-order valence-electron chi connectivity index (χ1n) is 7.57. The van der Waals surface area contributed by atoms with Crippen LogP contribution < -0.4 is 10.9 Å². The third-order valence-electron chi connectivity index (χ3n) is 3.87. The van der Waals surface area contributed by atoms with Crippen LogP contribution >= 0.6 is 0 Å². The summed E-state index contributed by atoms with van der Waals surface area (Å²) in [5.41, 5.74) is 1.04. The van der Waals surface area contributed by atoms with Gasteiger partial charge in [-0.05, 0) is 23.6 Å². The van der Waals surface area contributed by atoms with Crippen molar-refractivity contribution in [1.29, 1.82) is 0 Å². The number of pyridine rings is 1. The summed E-state index contributed by atoms with van der Waals surface area (Å²) in [4.78, 5) is 25.7. The average Bonchev–Trinajstić information content (AvgIpc) is 2.63. The Morgan fingerprint density at radius 1 is 1.20 bits per heavy atom. The summed E-state index contributed by atoms with van der Waals surface area (Å²) >= 11 is 0. The lowest BCUT2D eigenvalue weighted by Gasteiger charge is -2.26. The van der Waals surface area contributed by atoms with Crippen LogP contribution in [0.5, 0.6) is 0 Å². The molecule has 0 spiro atoms. The van der Waals surface area contributed by atoms with Crippen molar-refractivity contribution in [2.75, 3.05) is 11.9 Å². The van der Waals surface area contributed by atoms with Gasteiger partial charge in [0.2, 0.25) is 0 Å². The first-order chi connectivity index (χ1) is 11.9. The molecule has 2 aromatic rings. The molecule has 8 nitrogen and oxygen atoms in total. The normalized spacial score (nSPS) is 16.0. The molecule has 0 bridgehead atoms. The Morgan fingerprint density at radius 2 is 1.92 bits per heavy atom. The van der Waals surface area contributed by atoms with Gasteiger partial charge in [0.25, 0.3) is 5.56 Å². The minimum atomic E-state index is -1.71. The van der Waals surface area contributed by atoms with E-state index in [1.54, 1.807) is 24.3 Å². The minimum Gasteiger partial charge on any atom is -0.394 e. The van der Waals surface area contributed by atoms with E-state index >= 15 is 0 Å². The molecule has 0 aliphatic heterocycles. The van der Waals surface area contributed by atoms with Gasteiger partial charge in [0, 0.05) is 11.3 Å². The lowest BCUT2D eigenvalue weighted by atomic mass is 10.0. The third-order valence-corrected chi connectivity index (χ3v) is 3.87. The molecular formula is C17H20N2O6. The van der Waals surface area contributed by atoms with Gasteiger partial charge in [-0.15, -0.1) is 0 Å². The summed E-state index contributed by atoms with van der Waals surface area (Å²) in [5.74, 6) is 0. The molecule has 25 heavy (non-hydrogen) atoms. The van der Waals surface area contributed by atoms with E-state index in [2.05, 4.69) is 16.9 Å². The number of aldehydes is 1. The summed E-state index contributed by atoms with van der Waals surface area (Å²) in [7, 11) is 0. The van der Waals surface area contributed by atoms with E-state index in [1.165, 1.54) is 6.08 Å². The van der Waals surface area contributed by atoms with Crippen molar-refractivity contribution >= 4 is 29.0 Å². The summed E-state index contributed by atoms with van der Waals surface area (Å²) in [6, 6.07) is 5.34. The molecule has 8 heteroatoms. The van der Waals surface area contributed by atoms with E-state index in [-0.39, 0.29) is 5.56 Å². The monoisotopic (exact) mass is 348 g/mol. The van der Waals surface area contributed by atoms with Crippen LogP contribution in [0.2, 0.25) is 0 Å². The highest BCUT2D eigenvalue weighted by Crippen LogP contribution is 2.19. The lowest BCUT2D eigenvalue weighted by molar-refractivity contribution is -0.117. The highest BCUT2D eigenvalue weighted by atomic mass is 16.4. The number of anilines is 1. The molecule has 1 heterocycles. The number of aliphatic hydroxyl groups is 4. The number of benzene rings is 1. The van der Waals surface area contributed by atoms with E-state index in [4.69, 9.17) is 5.11 Å². The Labute approximate surface area is 143 Å². The number of carbonyl (C=O) groups excluding carboxylic acids is 1.